The van der Waals surface area contributed by atoms with Gasteiger partial charge in [0.05, 0.1) is 26.4 Å². The summed E-state index contributed by atoms with van der Waals surface area (Å²) in [5, 5.41) is 10.6. The van der Waals surface area contributed by atoms with Gasteiger partial charge in [0.15, 0.2) is 12.2 Å². The molecule has 97 heavy (non-hydrogen) atoms. The van der Waals surface area contributed by atoms with Crippen molar-refractivity contribution in [2.75, 3.05) is 39.6 Å². The molecule has 0 aromatic heterocycles. The van der Waals surface area contributed by atoms with Crippen LogP contribution in [0.2, 0.25) is 0 Å². The van der Waals surface area contributed by atoms with Crippen molar-refractivity contribution in [3.05, 3.63) is 0 Å². The average molecular weight is 1420 g/mol. The van der Waals surface area contributed by atoms with E-state index < -0.39 is 97.5 Å². The Morgan fingerprint density at radius 1 is 0.258 bits per heavy atom. The summed E-state index contributed by atoms with van der Waals surface area (Å²) in [6.07, 6.45) is 52.9. The van der Waals surface area contributed by atoms with E-state index in [4.69, 9.17) is 37.0 Å². The number of hydrogen-bond acceptors (Lipinski definition) is 15. The number of esters is 4. The summed E-state index contributed by atoms with van der Waals surface area (Å²) in [4.78, 5) is 72.8. The number of carbonyl (C=O) groups excluding carboxylic acids is 4. The maximum absolute atomic E-state index is 13.1. The van der Waals surface area contributed by atoms with Crippen LogP contribution in [-0.2, 0) is 65.4 Å². The van der Waals surface area contributed by atoms with Crippen LogP contribution < -0.4 is 0 Å². The maximum Gasteiger partial charge on any atom is 0.472 e. The Balaban J connectivity index is 5.21. The van der Waals surface area contributed by atoms with E-state index >= 15 is 0 Å². The van der Waals surface area contributed by atoms with Crippen molar-refractivity contribution in [1.29, 1.82) is 0 Å². The average Bonchev–Trinajstić information content (AvgIpc) is 1.33. The van der Waals surface area contributed by atoms with E-state index in [-0.39, 0.29) is 25.7 Å². The zero-order chi connectivity index (χ0) is 71.7. The van der Waals surface area contributed by atoms with Crippen molar-refractivity contribution in [2.24, 2.45) is 23.7 Å². The van der Waals surface area contributed by atoms with Gasteiger partial charge >= 0.3 is 39.5 Å². The summed E-state index contributed by atoms with van der Waals surface area (Å²) in [6.45, 7) is 14.2. The SMILES string of the molecule is CC(C)CCCCCCCCCCCCCCCCCCCCC(=O)O[C@H](COC(=O)CCCCCCCCCCCCCC(C)C)COP(=O)(O)OCC(O)COP(=O)(O)OC[C@@H](COC(=O)CCCCCCCCCC(C)C)OC(=O)CCCCCCCCCCCC(C)C. The molecule has 0 rings (SSSR count). The molecule has 576 valence electrons. The number of aliphatic hydroxyl groups is 1. The van der Waals surface area contributed by atoms with Crippen molar-refractivity contribution in [3.63, 3.8) is 0 Å². The van der Waals surface area contributed by atoms with E-state index in [2.05, 4.69) is 55.4 Å². The van der Waals surface area contributed by atoms with E-state index in [0.717, 1.165) is 114 Å². The number of aliphatic hydroxyl groups excluding tert-OH is 1. The molecule has 0 aliphatic heterocycles. The van der Waals surface area contributed by atoms with Gasteiger partial charge in [0.2, 0.25) is 0 Å². The van der Waals surface area contributed by atoms with Crippen LogP contribution in [0.1, 0.15) is 396 Å². The van der Waals surface area contributed by atoms with Crippen molar-refractivity contribution < 1.29 is 80.2 Å². The monoisotopic (exact) mass is 1420 g/mol. The maximum atomic E-state index is 13.1. The molecule has 0 radical (unpaired) electrons. The van der Waals surface area contributed by atoms with Crippen molar-refractivity contribution in [1.82, 2.24) is 0 Å². The third kappa shape index (κ3) is 72.2. The highest BCUT2D eigenvalue weighted by atomic mass is 31.2. The number of phosphoric acid groups is 2. The van der Waals surface area contributed by atoms with Gasteiger partial charge in [-0.3, -0.25) is 37.3 Å². The molecule has 0 spiro atoms. The summed E-state index contributed by atoms with van der Waals surface area (Å²) in [6, 6.07) is 0. The number of phosphoric ester groups is 2. The van der Waals surface area contributed by atoms with Gasteiger partial charge < -0.3 is 33.8 Å². The number of ether oxygens (including phenoxy) is 4. The molecule has 0 saturated carbocycles. The first-order chi connectivity index (χ1) is 46.6. The molecule has 0 saturated heterocycles. The van der Waals surface area contributed by atoms with Crippen LogP contribution in [-0.4, -0.2) is 96.7 Å². The fourth-order valence-electron chi connectivity index (χ4n) is 11.9. The third-order valence-electron chi connectivity index (χ3n) is 18.1. The fraction of sp³-hybridized carbons (Fsp3) is 0.949. The Labute approximate surface area is 594 Å². The Hall–Kier alpha value is -1.94. The summed E-state index contributed by atoms with van der Waals surface area (Å²) in [5.74, 6) is 0.913. The molecule has 17 nitrogen and oxygen atoms in total. The fourth-order valence-corrected chi connectivity index (χ4v) is 13.5. The van der Waals surface area contributed by atoms with E-state index in [1.54, 1.807) is 0 Å². The highest BCUT2D eigenvalue weighted by molar-refractivity contribution is 7.47. The van der Waals surface area contributed by atoms with Crippen molar-refractivity contribution in [2.45, 2.75) is 414 Å². The van der Waals surface area contributed by atoms with Gasteiger partial charge in [0.25, 0.3) is 0 Å². The lowest BCUT2D eigenvalue weighted by atomic mass is 10.0. The zero-order valence-electron chi connectivity index (χ0n) is 63.7. The molecule has 0 heterocycles. The van der Waals surface area contributed by atoms with Gasteiger partial charge in [-0.2, -0.15) is 0 Å². The van der Waals surface area contributed by atoms with Gasteiger partial charge in [-0.05, 0) is 49.4 Å². The standard InChI is InChI=1S/C78H152O17P2/c1-68(2)54-46-38-30-23-18-15-13-11-9-10-12-14-16-20-27-35-44-52-60-77(82)94-73(64-88-75(80)58-50-42-34-26-21-17-19-24-31-39-47-55-69(3)4)66-92-96(84,85)90-62-72(79)63-91-97(86,87)93-67-74(65-89-76(81)59-51-43-37-29-33-41-49-57-71(7)8)95-78(83)61-53-45-36-28-22-25-32-40-48-56-70(5)6/h68-74,79H,9-67H2,1-8H3,(H,84,85)(H,86,87)/t72?,73-,74-/m1/s1. The van der Waals surface area contributed by atoms with Crippen LogP contribution >= 0.6 is 15.6 Å². The molecular formula is C78H152O17P2. The van der Waals surface area contributed by atoms with Crippen LogP contribution in [0.5, 0.6) is 0 Å². The first-order valence-corrected chi connectivity index (χ1v) is 43.2. The second-order valence-corrected chi connectivity index (χ2v) is 32.9. The van der Waals surface area contributed by atoms with Crippen LogP contribution in [0.3, 0.4) is 0 Å². The molecule has 0 aliphatic carbocycles. The Kier molecular flexibility index (Phi) is 65.9. The second-order valence-electron chi connectivity index (χ2n) is 30.0. The Bertz CT molecular complexity index is 1900. The third-order valence-corrected chi connectivity index (χ3v) is 20.0. The van der Waals surface area contributed by atoms with E-state index in [9.17, 15) is 43.2 Å². The number of hydrogen-bond donors (Lipinski definition) is 3. The molecule has 0 fully saturated rings. The van der Waals surface area contributed by atoms with Gasteiger partial charge in [-0.1, -0.05) is 344 Å². The van der Waals surface area contributed by atoms with Gasteiger partial charge in [0, 0.05) is 25.7 Å². The molecule has 0 bridgehead atoms. The normalized spacial score (nSPS) is 14.1. The first-order valence-electron chi connectivity index (χ1n) is 40.2. The molecule has 3 N–H and O–H groups in total. The van der Waals surface area contributed by atoms with Gasteiger partial charge in [-0.25, -0.2) is 9.13 Å². The smallest absolute Gasteiger partial charge is 0.462 e. The molecule has 0 aromatic carbocycles. The number of rotatable bonds is 75. The van der Waals surface area contributed by atoms with Crippen LogP contribution in [0.25, 0.3) is 0 Å². The number of carbonyl (C=O) groups is 4. The largest absolute Gasteiger partial charge is 0.472 e. The van der Waals surface area contributed by atoms with E-state index in [0.29, 0.717) is 31.6 Å². The molecule has 0 amide bonds. The lowest BCUT2D eigenvalue weighted by Gasteiger charge is -2.21. The first kappa shape index (κ1) is 95.1. The molecule has 5 atom stereocenters. The van der Waals surface area contributed by atoms with Crippen molar-refractivity contribution in [3.8, 4) is 0 Å². The minimum absolute atomic E-state index is 0.104. The summed E-state index contributed by atoms with van der Waals surface area (Å²) in [7, 11) is -9.92. The summed E-state index contributed by atoms with van der Waals surface area (Å²) in [5.41, 5.74) is 0. The highest BCUT2D eigenvalue weighted by Crippen LogP contribution is 2.45. The number of unbranched alkanes of at least 4 members (excludes halogenated alkanes) is 41. The van der Waals surface area contributed by atoms with Crippen LogP contribution in [0.15, 0.2) is 0 Å². The molecule has 0 aliphatic rings. The topological polar surface area (TPSA) is 237 Å². The zero-order valence-corrected chi connectivity index (χ0v) is 65.5. The predicted octanol–water partition coefficient (Wildman–Crippen LogP) is 22.8. The summed E-state index contributed by atoms with van der Waals surface area (Å²) >= 11 is 0. The van der Waals surface area contributed by atoms with Gasteiger partial charge in [-0.15, -0.1) is 0 Å². The minimum Gasteiger partial charge on any atom is -0.462 e. The van der Waals surface area contributed by atoms with Crippen molar-refractivity contribution >= 4 is 39.5 Å². The lowest BCUT2D eigenvalue weighted by Crippen LogP contribution is -2.30. The van der Waals surface area contributed by atoms with Gasteiger partial charge in [0.1, 0.15) is 19.3 Å². The lowest BCUT2D eigenvalue weighted by molar-refractivity contribution is -0.161. The quantitative estimate of drug-likeness (QED) is 0.0222. The molecular weight excluding hydrogens is 1270 g/mol. The van der Waals surface area contributed by atoms with Crippen LogP contribution in [0, 0.1) is 23.7 Å². The molecule has 0 aromatic rings. The second kappa shape index (κ2) is 67.2. The molecule has 19 heteroatoms. The molecule has 3 unspecified atom stereocenters. The highest BCUT2D eigenvalue weighted by Gasteiger charge is 2.30. The predicted molar refractivity (Wildman–Crippen MR) is 395 cm³/mol. The van der Waals surface area contributed by atoms with Crippen LogP contribution in [0.4, 0.5) is 0 Å². The van der Waals surface area contributed by atoms with E-state index in [1.807, 2.05) is 0 Å². The Morgan fingerprint density at radius 2 is 0.433 bits per heavy atom. The summed E-state index contributed by atoms with van der Waals surface area (Å²) < 4.78 is 68.6. The minimum atomic E-state index is -4.96. The Morgan fingerprint density at radius 3 is 0.639 bits per heavy atom. The van der Waals surface area contributed by atoms with E-state index in [1.165, 1.54) is 193 Å².